The summed E-state index contributed by atoms with van der Waals surface area (Å²) in [7, 11) is 1.50. The second-order valence-corrected chi connectivity index (χ2v) is 11.3. The topological polar surface area (TPSA) is 120 Å². The summed E-state index contributed by atoms with van der Waals surface area (Å²) in [6.45, 7) is 3.83. The number of nitrogens with zero attached hydrogens (tertiary/aromatic N) is 2. The average Bonchev–Trinajstić information content (AvgIpc) is 3.56. The van der Waals surface area contributed by atoms with Crippen LogP contribution in [0.5, 0.6) is 0 Å². The zero-order valence-electron chi connectivity index (χ0n) is 22.7. The van der Waals surface area contributed by atoms with E-state index in [0.29, 0.717) is 18.2 Å². The molecule has 1 aromatic heterocycles. The number of amides is 3. The number of rotatable bonds is 9. The molecule has 1 aliphatic carbocycles. The van der Waals surface area contributed by atoms with Crippen LogP contribution in [0.3, 0.4) is 0 Å². The second-order valence-electron chi connectivity index (χ2n) is 11.3. The molecule has 1 saturated carbocycles. The molecule has 2 N–H and O–H groups in total. The molecule has 2 fully saturated rings. The first-order valence-electron chi connectivity index (χ1n) is 13.8. The molecule has 9 nitrogen and oxygen atoms in total. The van der Waals surface area contributed by atoms with E-state index in [1.165, 1.54) is 35.0 Å². The Morgan fingerprint density at radius 3 is 2.54 bits per heavy atom. The predicted octanol–water partition coefficient (Wildman–Crippen LogP) is 3.23. The summed E-state index contributed by atoms with van der Waals surface area (Å²) in [5.41, 5.74) is 0.590. The third-order valence-electron chi connectivity index (χ3n) is 7.88. The van der Waals surface area contributed by atoms with Crippen molar-refractivity contribution in [2.24, 2.45) is 11.8 Å². The van der Waals surface area contributed by atoms with Crippen molar-refractivity contribution in [3.63, 3.8) is 0 Å². The molecule has 210 valence electrons. The Kier molecular flexibility index (Phi) is 8.82. The molecule has 1 aromatic carbocycles. The van der Waals surface area contributed by atoms with Crippen LogP contribution >= 0.6 is 0 Å². The van der Waals surface area contributed by atoms with E-state index in [4.69, 9.17) is 0 Å². The first-order chi connectivity index (χ1) is 18.6. The molecule has 0 spiro atoms. The molecule has 1 aliphatic heterocycles. The molecule has 2 aliphatic rings. The van der Waals surface area contributed by atoms with E-state index in [2.05, 4.69) is 10.3 Å². The minimum atomic E-state index is -1.07. The summed E-state index contributed by atoms with van der Waals surface area (Å²) in [6.07, 6.45) is 5.77. The first kappa shape index (κ1) is 28.4. The number of fused-ring (bicyclic) bond motifs is 1. The average molecular weight is 541 g/mol. The van der Waals surface area contributed by atoms with E-state index in [0.717, 1.165) is 32.1 Å². The van der Waals surface area contributed by atoms with Gasteiger partial charge in [0, 0.05) is 36.5 Å². The summed E-state index contributed by atoms with van der Waals surface area (Å²) in [4.78, 5) is 70.7. The van der Waals surface area contributed by atoms with Gasteiger partial charge in [-0.2, -0.15) is 0 Å². The second kappa shape index (κ2) is 12.1. The van der Waals surface area contributed by atoms with E-state index in [1.807, 2.05) is 13.8 Å². The third kappa shape index (κ3) is 6.20. The summed E-state index contributed by atoms with van der Waals surface area (Å²) < 4.78 is 14.2. The lowest BCUT2D eigenvalue weighted by atomic mass is 9.95. The summed E-state index contributed by atoms with van der Waals surface area (Å²) >= 11 is 0. The first-order valence-corrected chi connectivity index (χ1v) is 13.8. The Hall–Kier alpha value is -3.56. The van der Waals surface area contributed by atoms with Gasteiger partial charge in [0.1, 0.15) is 29.9 Å². The number of ketones is 1. The molecule has 0 radical (unpaired) electrons. The van der Waals surface area contributed by atoms with Gasteiger partial charge >= 0.3 is 0 Å². The lowest BCUT2D eigenvalue weighted by Crippen LogP contribution is -2.55. The van der Waals surface area contributed by atoms with Gasteiger partial charge in [0.05, 0.1) is 0 Å². The fourth-order valence-corrected chi connectivity index (χ4v) is 5.74. The van der Waals surface area contributed by atoms with Crippen LogP contribution in [0.25, 0.3) is 10.9 Å². The van der Waals surface area contributed by atoms with Gasteiger partial charge in [-0.3, -0.25) is 19.2 Å². The molecule has 39 heavy (non-hydrogen) atoms. The largest absolute Gasteiger partial charge is 0.350 e. The Balaban J connectivity index is 1.56. The smallest absolute Gasteiger partial charge is 0.289 e. The fourth-order valence-electron chi connectivity index (χ4n) is 5.74. The van der Waals surface area contributed by atoms with E-state index in [-0.39, 0.29) is 36.0 Å². The SMILES string of the molecule is CC(C)CC(C(=O)N1CC(C=O)CC1C(=O)C(=O)NC1CCCCC1)N(C)C(=O)c1cc2c(F)cccc2[nH]1. The van der Waals surface area contributed by atoms with Gasteiger partial charge in [-0.25, -0.2) is 4.39 Å². The van der Waals surface area contributed by atoms with Crippen LogP contribution in [0.15, 0.2) is 24.3 Å². The number of likely N-dealkylation sites (N-methyl/N-ethyl adjacent to an activating group) is 1. The van der Waals surface area contributed by atoms with Crippen molar-refractivity contribution >= 4 is 40.7 Å². The Morgan fingerprint density at radius 1 is 1.18 bits per heavy atom. The molecular weight excluding hydrogens is 503 g/mol. The highest BCUT2D eigenvalue weighted by atomic mass is 19.1. The van der Waals surface area contributed by atoms with E-state index < -0.39 is 47.3 Å². The summed E-state index contributed by atoms with van der Waals surface area (Å²) in [5, 5.41) is 3.08. The predicted molar refractivity (Wildman–Crippen MR) is 143 cm³/mol. The van der Waals surface area contributed by atoms with Crippen LogP contribution in [-0.2, 0) is 19.2 Å². The van der Waals surface area contributed by atoms with Crippen LogP contribution in [0.4, 0.5) is 4.39 Å². The Bertz CT molecular complexity index is 1250. The van der Waals surface area contributed by atoms with Gasteiger partial charge in [-0.05, 0) is 49.8 Å². The molecule has 0 bridgehead atoms. The zero-order chi connectivity index (χ0) is 28.3. The zero-order valence-corrected chi connectivity index (χ0v) is 22.7. The van der Waals surface area contributed by atoms with Crippen LogP contribution in [0.2, 0.25) is 0 Å². The molecule has 2 aromatic rings. The molecule has 1 saturated heterocycles. The van der Waals surface area contributed by atoms with Crippen LogP contribution in [0, 0.1) is 17.7 Å². The number of Topliss-reactive ketones (excluding diaryl/α,β-unsaturated/α-hetero) is 1. The number of hydrogen-bond acceptors (Lipinski definition) is 5. The van der Waals surface area contributed by atoms with Gasteiger partial charge < -0.3 is 24.9 Å². The number of hydrogen-bond donors (Lipinski definition) is 2. The number of carbonyl (C=O) groups is 5. The molecule has 3 atom stereocenters. The van der Waals surface area contributed by atoms with E-state index >= 15 is 0 Å². The minimum absolute atomic E-state index is 0.00364. The lowest BCUT2D eigenvalue weighted by molar-refractivity contribution is -0.146. The Labute approximate surface area is 227 Å². The highest BCUT2D eigenvalue weighted by molar-refractivity contribution is 6.38. The van der Waals surface area contributed by atoms with Gasteiger partial charge in [0.25, 0.3) is 11.8 Å². The number of carbonyl (C=O) groups excluding carboxylic acids is 5. The number of aromatic nitrogens is 1. The molecule has 4 rings (SSSR count). The third-order valence-corrected chi connectivity index (χ3v) is 7.88. The van der Waals surface area contributed by atoms with E-state index in [9.17, 15) is 28.4 Å². The number of H-pyrrole nitrogens is 1. The van der Waals surface area contributed by atoms with Gasteiger partial charge in [-0.1, -0.05) is 39.2 Å². The number of aromatic amines is 1. The number of halogens is 1. The highest BCUT2D eigenvalue weighted by Gasteiger charge is 2.45. The molecule has 3 unspecified atom stereocenters. The van der Waals surface area contributed by atoms with Crippen LogP contribution in [-0.4, -0.2) is 76.3 Å². The molecule has 10 heteroatoms. The van der Waals surface area contributed by atoms with Crippen LogP contribution in [0.1, 0.15) is 69.3 Å². The standard InChI is InChI=1S/C29H37FN4O5/c1-17(2)12-25(33(3)28(38)23-14-20-21(30)10-7-11-22(20)32-23)29(39)34-15-18(16-35)13-24(34)26(36)27(37)31-19-8-5-4-6-9-19/h7,10-11,14,16-19,24-25,32H,4-6,8-9,12-13,15H2,1-3H3,(H,31,37). The van der Waals surface area contributed by atoms with Gasteiger partial charge in [0.2, 0.25) is 11.7 Å². The quantitative estimate of drug-likeness (QED) is 0.374. The number of likely N-dealkylation sites (tertiary alicyclic amines) is 1. The summed E-state index contributed by atoms with van der Waals surface area (Å²) in [5.74, 6) is -3.50. The van der Waals surface area contributed by atoms with Crippen molar-refractivity contribution < 1.29 is 28.4 Å². The maximum absolute atomic E-state index is 14.2. The summed E-state index contributed by atoms with van der Waals surface area (Å²) in [6, 6.07) is 3.83. The molecule has 2 heterocycles. The maximum Gasteiger partial charge on any atom is 0.289 e. The fraction of sp³-hybridized carbons (Fsp3) is 0.552. The Morgan fingerprint density at radius 2 is 1.90 bits per heavy atom. The lowest BCUT2D eigenvalue weighted by Gasteiger charge is -2.34. The normalized spacial score (nSPS) is 20.7. The van der Waals surface area contributed by atoms with Gasteiger partial charge in [0.15, 0.2) is 0 Å². The van der Waals surface area contributed by atoms with Crippen molar-refractivity contribution in [1.82, 2.24) is 20.1 Å². The molecule has 3 amide bonds. The van der Waals surface area contributed by atoms with Crippen molar-refractivity contribution in [1.29, 1.82) is 0 Å². The van der Waals surface area contributed by atoms with Gasteiger partial charge in [-0.15, -0.1) is 0 Å². The molecular formula is C29H37FN4O5. The number of nitrogens with one attached hydrogen (secondary N) is 2. The van der Waals surface area contributed by atoms with Crippen molar-refractivity contribution in [2.45, 2.75) is 76.9 Å². The van der Waals surface area contributed by atoms with Crippen LogP contribution < -0.4 is 5.32 Å². The number of benzene rings is 1. The monoisotopic (exact) mass is 540 g/mol. The minimum Gasteiger partial charge on any atom is -0.350 e. The highest BCUT2D eigenvalue weighted by Crippen LogP contribution is 2.28. The van der Waals surface area contributed by atoms with Crippen molar-refractivity contribution in [3.8, 4) is 0 Å². The van der Waals surface area contributed by atoms with Crippen molar-refractivity contribution in [2.75, 3.05) is 13.6 Å². The van der Waals surface area contributed by atoms with Crippen molar-refractivity contribution in [3.05, 3.63) is 35.8 Å². The maximum atomic E-state index is 14.2. The van der Waals surface area contributed by atoms with E-state index in [1.54, 1.807) is 6.07 Å². The number of aldehydes is 1.